The van der Waals surface area contributed by atoms with E-state index in [0.717, 1.165) is 31.5 Å². The first kappa shape index (κ1) is 15.0. The summed E-state index contributed by atoms with van der Waals surface area (Å²) in [4.78, 5) is 12.4. The van der Waals surface area contributed by atoms with E-state index in [2.05, 4.69) is 20.1 Å². The van der Waals surface area contributed by atoms with Gasteiger partial charge in [-0.25, -0.2) is 15.0 Å². The van der Waals surface area contributed by atoms with Crippen molar-refractivity contribution in [3.63, 3.8) is 0 Å². The van der Waals surface area contributed by atoms with Crippen molar-refractivity contribution in [2.75, 3.05) is 5.73 Å². The van der Waals surface area contributed by atoms with Gasteiger partial charge in [0.15, 0.2) is 11.5 Å². The van der Waals surface area contributed by atoms with Gasteiger partial charge in [-0.2, -0.15) is 0 Å². The lowest BCUT2D eigenvalue weighted by atomic mass is 9.86. The third-order valence-corrected chi connectivity index (χ3v) is 3.68. The van der Waals surface area contributed by atoms with Gasteiger partial charge in [-0.05, 0) is 12.8 Å². The lowest BCUT2D eigenvalue weighted by Gasteiger charge is -2.22. The summed E-state index contributed by atoms with van der Waals surface area (Å²) in [5, 5.41) is 11.8. The minimum Gasteiger partial charge on any atom is -0.409 e. The first-order chi connectivity index (χ1) is 9.95. The highest BCUT2D eigenvalue weighted by molar-refractivity contribution is 5.85. The van der Waals surface area contributed by atoms with Crippen LogP contribution in [0.15, 0.2) is 17.8 Å². The summed E-state index contributed by atoms with van der Waals surface area (Å²) in [5.41, 5.74) is 12.5. The van der Waals surface area contributed by atoms with Gasteiger partial charge in [0.2, 0.25) is 0 Å². The van der Waals surface area contributed by atoms with E-state index in [0.29, 0.717) is 11.3 Å². The molecule has 2 aromatic rings. The standard InChI is InChI=1S/C13H21N7O/c1-13(2,12(15)19-21)5-3-4-6-20-8-18-9-10(14)16-7-17-11(9)20/h7-8,21H,3-6H2,1-2H3,(H2,15,19)(H2,14,16,17). The molecule has 2 aromatic heterocycles. The van der Waals surface area contributed by atoms with E-state index in [9.17, 15) is 0 Å². The van der Waals surface area contributed by atoms with Gasteiger partial charge >= 0.3 is 0 Å². The molecule has 0 aliphatic carbocycles. The Bertz CT molecular complexity index is 647. The number of nitrogen functional groups attached to an aromatic ring is 1. The van der Waals surface area contributed by atoms with Gasteiger partial charge in [0.25, 0.3) is 0 Å². The number of fused-ring (bicyclic) bond motifs is 1. The first-order valence-electron chi connectivity index (χ1n) is 6.85. The number of rotatable bonds is 6. The van der Waals surface area contributed by atoms with Crippen LogP contribution in [0, 0.1) is 5.41 Å². The zero-order valence-corrected chi connectivity index (χ0v) is 12.3. The Labute approximate surface area is 122 Å². The minimum atomic E-state index is -0.307. The molecule has 0 radical (unpaired) electrons. The van der Waals surface area contributed by atoms with E-state index in [1.165, 1.54) is 6.33 Å². The van der Waals surface area contributed by atoms with Crippen LogP contribution in [0.3, 0.4) is 0 Å². The van der Waals surface area contributed by atoms with Crippen LogP contribution in [0.4, 0.5) is 5.82 Å². The van der Waals surface area contributed by atoms with Crippen molar-refractivity contribution in [1.82, 2.24) is 19.5 Å². The highest BCUT2D eigenvalue weighted by Crippen LogP contribution is 2.24. The third-order valence-electron chi connectivity index (χ3n) is 3.68. The minimum absolute atomic E-state index is 0.260. The second-order valence-corrected chi connectivity index (χ2v) is 5.70. The monoisotopic (exact) mass is 291 g/mol. The molecule has 8 nitrogen and oxygen atoms in total. The summed E-state index contributed by atoms with van der Waals surface area (Å²) in [7, 11) is 0. The number of amidine groups is 1. The van der Waals surface area contributed by atoms with E-state index >= 15 is 0 Å². The number of nitrogens with zero attached hydrogens (tertiary/aromatic N) is 5. The number of anilines is 1. The van der Waals surface area contributed by atoms with E-state index < -0.39 is 0 Å². The lowest BCUT2D eigenvalue weighted by Crippen LogP contribution is -2.31. The van der Waals surface area contributed by atoms with Crippen LogP contribution < -0.4 is 11.5 Å². The molecule has 8 heteroatoms. The van der Waals surface area contributed by atoms with Crippen molar-refractivity contribution in [3.05, 3.63) is 12.7 Å². The predicted molar refractivity (Wildman–Crippen MR) is 80.8 cm³/mol. The van der Waals surface area contributed by atoms with Gasteiger partial charge in [0, 0.05) is 12.0 Å². The van der Waals surface area contributed by atoms with Crippen molar-refractivity contribution in [1.29, 1.82) is 0 Å². The molecule has 21 heavy (non-hydrogen) atoms. The van der Waals surface area contributed by atoms with Gasteiger partial charge in [0.1, 0.15) is 17.7 Å². The molecule has 0 aliphatic heterocycles. The zero-order valence-electron chi connectivity index (χ0n) is 12.3. The van der Waals surface area contributed by atoms with Gasteiger partial charge < -0.3 is 21.2 Å². The van der Waals surface area contributed by atoms with E-state index in [4.69, 9.17) is 16.7 Å². The third kappa shape index (κ3) is 3.21. The van der Waals surface area contributed by atoms with Crippen LogP contribution in [0.25, 0.3) is 11.2 Å². The average Bonchev–Trinajstić information content (AvgIpc) is 2.87. The lowest BCUT2D eigenvalue weighted by molar-refractivity contribution is 0.304. The SMILES string of the molecule is CC(C)(CCCCn1cnc2c(N)ncnc21)C(N)=NO. The second-order valence-electron chi connectivity index (χ2n) is 5.70. The fourth-order valence-corrected chi connectivity index (χ4v) is 2.17. The van der Waals surface area contributed by atoms with Gasteiger partial charge in [-0.1, -0.05) is 25.4 Å². The number of hydrogen-bond acceptors (Lipinski definition) is 6. The van der Waals surface area contributed by atoms with Crippen LogP contribution >= 0.6 is 0 Å². The summed E-state index contributed by atoms with van der Waals surface area (Å²) in [6.07, 6.45) is 5.90. The second kappa shape index (κ2) is 5.94. The van der Waals surface area contributed by atoms with Crippen molar-refractivity contribution in [2.24, 2.45) is 16.3 Å². The van der Waals surface area contributed by atoms with Crippen LogP contribution in [-0.4, -0.2) is 30.6 Å². The number of oxime groups is 1. The van der Waals surface area contributed by atoms with Gasteiger partial charge in [-0.3, -0.25) is 0 Å². The topological polar surface area (TPSA) is 128 Å². The molecule has 0 bridgehead atoms. The maximum Gasteiger partial charge on any atom is 0.165 e. The molecular weight excluding hydrogens is 270 g/mol. The Morgan fingerprint density at radius 2 is 2.10 bits per heavy atom. The Hall–Kier alpha value is -2.38. The molecule has 5 N–H and O–H groups in total. The van der Waals surface area contributed by atoms with E-state index in [-0.39, 0.29) is 11.3 Å². The Morgan fingerprint density at radius 3 is 2.81 bits per heavy atom. The highest BCUT2D eigenvalue weighted by atomic mass is 16.4. The molecule has 0 aromatic carbocycles. The highest BCUT2D eigenvalue weighted by Gasteiger charge is 2.22. The zero-order chi connectivity index (χ0) is 15.5. The van der Waals surface area contributed by atoms with Crippen LogP contribution in [0.1, 0.15) is 33.1 Å². The number of nitrogens with two attached hydrogens (primary N) is 2. The van der Waals surface area contributed by atoms with E-state index in [1.54, 1.807) is 6.33 Å². The normalized spacial score (nSPS) is 13.0. The van der Waals surface area contributed by atoms with E-state index in [1.807, 2.05) is 18.4 Å². The predicted octanol–water partition coefficient (Wildman–Crippen LogP) is 1.35. The molecule has 2 rings (SSSR count). The van der Waals surface area contributed by atoms with Crippen LogP contribution in [-0.2, 0) is 6.54 Å². The number of unbranched alkanes of at least 4 members (excludes halogenated alkanes) is 1. The number of aryl methyl sites for hydroxylation is 1. The molecule has 114 valence electrons. The summed E-state index contributed by atoms with van der Waals surface area (Å²) < 4.78 is 1.96. The number of aromatic nitrogens is 4. The fraction of sp³-hybridized carbons (Fsp3) is 0.538. The Morgan fingerprint density at radius 1 is 1.33 bits per heavy atom. The summed E-state index contributed by atoms with van der Waals surface area (Å²) >= 11 is 0. The Kier molecular flexibility index (Phi) is 4.25. The number of imidazole rings is 1. The summed E-state index contributed by atoms with van der Waals surface area (Å²) in [6.45, 7) is 4.71. The molecule has 0 spiro atoms. The van der Waals surface area contributed by atoms with Gasteiger partial charge in [-0.15, -0.1) is 0 Å². The van der Waals surface area contributed by atoms with Crippen LogP contribution in [0.2, 0.25) is 0 Å². The molecule has 0 saturated heterocycles. The summed E-state index contributed by atoms with van der Waals surface area (Å²) in [6, 6.07) is 0. The molecule has 0 fully saturated rings. The smallest absolute Gasteiger partial charge is 0.165 e. The first-order valence-corrected chi connectivity index (χ1v) is 6.85. The fourth-order valence-electron chi connectivity index (χ4n) is 2.17. The van der Waals surface area contributed by atoms with Crippen LogP contribution in [0.5, 0.6) is 0 Å². The largest absolute Gasteiger partial charge is 0.409 e. The maximum atomic E-state index is 8.75. The average molecular weight is 291 g/mol. The van der Waals surface area contributed by atoms with Crippen molar-refractivity contribution >= 4 is 22.8 Å². The summed E-state index contributed by atoms with van der Waals surface area (Å²) in [5.74, 6) is 0.655. The molecule has 0 aliphatic rings. The number of hydrogen-bond donors (Lipinski definition) is 3. The quantitative estimate of drug-likeness (QED) is 0.242. The van der Waals surface area contributed by atoms with Gasteiger partial charge in [0.05, 0.1) is 6.33 Å². The van der Waals surface area contributed by atoms with Crippen molar-refractivity contribution in [3.8, 4) is 0 Å². The van der Waals surface area contributed by atoms with Crippen molar-refractivity contribution < 1.29 is 5.21 Å². The molecule has 2 heterocycles. The molecule has 0 unspecified atom stereocenters. The van der Waals surface area contributed by atoms with Crippen molar-refractivity contribution in [2.45, 2.75) is 39.7 Å². The molecule has 0 amide bonds. The Balaban J connectivity index is 1.93. The maximum absolute atomic E-state index is 8.75. The molecular formula is C13H21N7O. The molecule has 0 saturated carbocycles. The molecule has 0 atom stereocenters.